The minimum Gasteiger partial charge on any atom is -0.309 e. The van der Waals surface area contributed by atoms with E-state index in [0.717, 1.165) is 44.2 Å². The molecule has 0 heterocycles. The summed E-state index contributed by atoms with van der Waals surface area (Å²) < 4.78 is 88.9. The van der Waals surface area contributed by atoms with Gasteiger partial charge < -0.3 is 9.05 Å². The maximum absolute atomic E-state index is 13.1. The van der Waals surface area contributed by atoms with E-state index in [1.807, 2.05) is 0 Å². The Balaban J connectivity index is 2.55. The van der Waals surface area contributed by atoms with E-state index in [2.05, 4.69) is 4.72 Å². The molecule has 1 N–H and O–H groups in total. The molecule has 0 spiro atoms. The molecule has 0 aromatic heterocycles. The number of nitrogens with one attached hydrogen (secondary N) is 1. The highest BCUT2D eigenvalue weighted by Gasteiger charge is 2.34. The zero-order valence-corrected chi connectivity index (χ0v) is 17.4. The Morgan fingerprint density at radius 2 is 1.66 bits per heavy atom. The van der Waals surface area contributed by atoms with Crippen LogP contribution in [-0.4, -0.2) is 22.6 Å². The van der Waals surface area contributed by atoms with E-state index in [1.54, 1.807) is 19.1 Å². The van der Waals surface area contributed by atoms with E-state index >= 15 is 0 Å². The van der Waals surface area contributed by atoms with Gasteiger partial charge in [0.1, 0.15) is 0 Å². The second-order valence-corrected chi connectivity index (χ2v) is 9.83. The maximum Gasteiger partial charge on any atom is 0.416 e. The average Bonchev–Trinajstić information content (AvgIpc) is 2.67. The third-order valence-corrected chi connectivity index (χ3v) is 7.20. The lowest BCUT2D eigenvalue weighted by Gasteiger charge is -2.19. The first kappa shape index (κ1) is 23.2. The van der Waals surface area contributed by atoms with Gasteiger partial charge in [0.2, 0.25) is 0 Å². The van der Waals surface area contributed by atoms with Gasteiger partial charge in [-0.05, 0) is 36.8 Å². The Hall–Kier alpha value is -2.13. The quantitative estimate of drug-likeness (QED) is 0.616. The molecular weight excluding hydrogens is 430 g/mol. The van der Waals surface area contributed by atoms with Crippen molar-refractivity contribution in [3.63, 3.8) is 0 Å². The molecule has 11 heteroatoms. The van der Waals surface area contributed by atoms with Crippen LogP contribution in [0, 0.1) is 6.92 Å². The molecule has 2 aromatic rings. The van der Waals surface area contributed by atoms with E-state index in [9.17, 15) is 26.2 Å². The number of hydrogen-bond donors (Lipinski definition) is 1. The van der Waals surface area contributed by atoms with Crippen molar-refractivity contribution < 1.29 is 35.2 Å². The molecule has 29 heavy (non-hydrogen) atoms. The van der Waals surface area contributed by atoms with Crippen LogP contribution in [0.15, 0.2) is 59.6 Å². The van der Waals surface area contributed by atoms with E-state index in [0.29, 0.717) is 0 Å². The smallest absolute Gasteiger partial charge is 0.309 e. The van der Waals surface area contributed by atoms with Gasteiger partial charge in [0.15, 0.2) is 0 Å². The van der Waals surface area contributed by atoms with E-state index in [4.69, 9.17) is 9.05 Å². The van der Waals surface area contributed by atoms with E-state index in [-0.39, 0.29) is 15.8 Å². The molecule has 0 bridgehead atoms. The number of hydrogen-bond acceptors (Lipinski definition) is 5. The summed E-state index contributed by atoms with van der Waals surface area (Å²) in [4.78, 5) is -0.0765. The van der Waals surface area contributed by atoms with Crippen LogP contribution in [0.3, 0.4) is 0 Å². The summed E-state index contributed by atoms with van der Waals surface area (Å²) in [6.07, 6.45) is -3.83. The normalized spacial score (nSPS) is 13.4. The topological polar surface area (TPSA) is 81.7 Å². The lowest BCUT2D eigenvalue weighted by Crippen LogP contribution is -2.18. The average molecular weight is 449 g/mol. The molecule has 0 saturated carbocycles. The molecule has 0 aliphatic heterocycles. The largest absolute Gasteiger partial charge is 0.416 e. The lowest BCUT2D eigenvalue weighted by molar-refractivity contribution is -0.137. The first-order valence-corrected chi connectivity index (χ1v) is 11.1. The van der Waals surface area contributed by atoms with Crippen LogP contribution in [0.5, 0.6) is 0 Å². The van der Waals surface area contributed by atoms with Gasteiger partial charge in [0, 0.05) is 20.4 Å². The van der Waals surface area contributed by atoms with Gasteiger partial charge in [0.25, 0.3) is 10.0 Å². The zero-order chi connectivity index (χ0) is 21.9. The first-order chi connectivity index (χ1) is 13.4. The van der Waals surface area contributed by atoms with E-state index < -0.39 is 29.4 Å². The monoisotopic (exact) mass is 449 g/mol. The van der Waals surface area contributed by atoms with Crippen molar-refractivity contribution in [2.24, 2.45) is 0 Å². The van der Waals surface area contributed by atoms with Crippen molar-refractivity contribution >= 4 is 22.9 Å². The van der Waals surface area contributed by atoms with Crippen LogP contribution in [0.2, 0.25) is 0 Å². The molecule has 0 unspecified atom stereocenters. The van der Waals surface area contributed by atoms with Gasteiger partial charge >= 0.3 is 13.8 Å². The number of halogens is 3. The van der Waals surface area contributed by atoms with Gasteiger partial charge in [-0.15, -0.1) is 0 Å². The van der Waals surface area contributed by atoms with Crippen LogP contribution in [0.4, 0.5) is 13.2 Å². The maximum atomic E-state index is 13.1. The van der Waals surface area contributed by atoms with Gasteiger partial charge in [-0.3, -0.25) is 9.29 Å². The molecule has 0 aliphatic carbocycles. The Kier molecular flexibility index (Phi) is 6.95. The summed E-state index contributed by atoms with van der Waals surface area (Å²) in [7, 11) is -6.10. The molecule has 0 radical (unpaired) electrons. The molecule has 0 amide bonds. The Morgan fingerprint density at radius 1 is 1.07 bits per heavy atom. The Morgan fingerprint density at radius 3 is 2.17 bits per heavy atom. The van der Waals surface area contributed by atoms with Crippen LogP contribution in [-0.2, 0) is 29.8 Å². The molecule has 2 rings (SSSR count). The lowest BCUT2D eigenvalue weighted by atomic mass is 10.1. The van der Waals surface area contributed by atoms with Gasteiger partial charge in [-0.2, -0.15) is 13.2 Å². The van der Waals surface area contributed by atoms with Crippen molar-refractivity contribution in [3.8, 4) is 0 Å². The van der Waals surface area contributed by atoms with Crippen molar-refractivity contribution in [3.05, 3.63) is 71.4 Å². The van der Waals surface area contributed by atoms with Crippen LogP contribution in [0.25, 0.3) is 5.31 Å². The number of rotatable bonds is 7. The van der Waals surface area contributed by atoms with Crippen molar-refractivity contribution in [2.75, 3.05) is 14.2 Å². The first-order valence-electron chi connectivity index (χ1n) is 8.12. The highest BCUT2D eigenvalue weighted by molar-refractivity contribution is 7.89. The molecule has 158 valence electrons. The molecule has 0 atom stereocenters. The molecular formula is C18H19F3NO5PS. The predicted octanol–water partition coefficient (Wildman–Crippen LogP) is 4.78. The standard InChI is InChI=1S/C18H19F3NO5PS/c1-13-7-9-16(10-8-13)29(24,25)22-12-17(28(23,26-2)27-3)14-5-4-6-15(11-14)18(19,20)21/h4-12,22H,1-3H3/b17-12-. The summed E-state index contributed by atoms with van der Waals surface area (Å²) >= 11 is 0. The van der Waals surface area contributed by atoms with Crippen LogP contribution >= 0.6 is 7.60 Å². The number of benzene rings is 2. The summed E-state index contributed by atoms with van der Waals surface area (Å²) in [5.74, 6) is 0. The third-order valence-electron chi connectivity index (χ3n) is 3.94. The summed E-state index contributed by atoms with van der Waals surface area (Å²) in [6, 6.07) is 9.81. The van der Waals surface area contributed by atoms with Gasteiger partial charge in [-0.1, -0.05) is 29.8 Å². The molecule has 6 nitrogen and oxygen atoms in total. The Bertz CT molecular complexity index is 1040. The molecule has 0 aliphatic rings. The summed E-state index contributed by atoms with van der Waals surface area (Å²) in [5.41, 5.74) is -0.327. The zero-order valence-electron chi connectivity index (χ0n) is 15.7. The van der Waals surface area contributed by atoms with Crippen molar-refractivity contribution in [1.29, 1.82) is 0 Å². The van der Waals surface area contributed by atoms with Gasteiger partial charge in [0.05, 0.1) is 15.8 Å². The highest BCUT2D eigenvalue weighted by atomic mass is 32.2. The second-order valence-electron chi connectivity index (χ2n) is 5.91. The fourth-order valence-electron chi connectivity index (χ4n) is 2.37. The summed E-state index contributed by atoms with van der Waals surface area (Å²) in [6.45, 7) is 1.78. The number of alkyl halides is 3. The van der Waals surface area contributed by atoms with Crippen molar-refractivity contribution in [2.45, 2.75) is 18.0 Å². The number of aryl methyl sites for hydroxylation is 1. The second kappa shape index (κ2) is 8.71. The fraction of sp³-hybridized carbons (Fsp3) is 0.222. The minimum atomic E-state index is -4.65. The SMILES string of the molecule is COP(=O)(OC)/C(=C\NS(=O)(=O)c1ccc(C)cc1)c1cccc(C(F)(F)F)c1. The highest BCUT2D eigenvalue weighted by Crippen LogP contribution is 2.59. The Labute approximate surface area is 166 Å². The minimum absolute atomic E-state index is 0.0765. The predicted molar refractivity (Wildman–Crippen MR) is 103 cm³/mol. The number of sulfonamides is 1. The fourth-order valence-corrected chi connectivity index (χ4v) is 4.58. The summed E-state index contributed by atoms with van der Waals surface area (Å²) in [5, 5.41) is -0.371. The molecule has 0 saturated heterocycles. The van der Waals surface area contributed by atoms with Gasteiger partial charge in [-0.25, -0.2) is 8.42 Å². The third kappa shape index (κ3) is 5.48. The van der Waals surface area contributed by atoms with Crippen LogP contribution < -0.4 is 4.72 Å². The van der Waals surface area contributed by atoms with Crippen molar-refractivity contribution in [1.82, 2.24) is 4.72 Å². The van der Waals surface area contributed by atoms with Crippen LogP contribution in [0.1, 0.15) is 16.7 Å². The molecule has 2 aromatic carbocycles. The van der Waals surface area contributed by atoms with E-state index in [1.165, 1.54) is 18.2 Å². The molecule has 0 fully saturated rings.